The van der Waals surface area contributed by atoms with E-state index in [1.54, 1.807) is 7.05 Å². The summed E-state index contributed by atoms with van der Waals surface area (Å²) in [4.78, 5) is 13.6. The lowest BCUT2D eigenvalue weighted by molar-refractivity contribution is 0.0831. The summed E-state index contributed by atoms with van der Waals surface area (Å²) < 4.78 is 28.4. The van der Waals surface area contributed by atoms with Gasteiger partial charge in [-0.15, -0.1) is 0 Å². The van der Waals surface area contributed by atoms with E-state index in [0.717, 1.165) is 19.4 Å². The van der Waals surface area contributed by atoms with Gasteiger partial charge in [0.15, 0.2) is 9.84 Å². The Morgan fingerprint density at radius 3 is 2.68 bits per heavy atom. The SMILES string of the molecule is C[C@H](NC(=O)N(C)[C@@H]1CCS(=O)(=O)C1)[C@H]1CCCO1. The number of ether oxygens (including phenoxy) is 1. The lowest BCUT2D eigenvalue weighted by atomic mass is 10.1. The molecule has 2 aliphatic rings. The smallest absolute Gasteiger partial charge is 0.317 e. The largest absolute Gasteiger partial charge is 0.376 e. The maximum absolute atomic E-state index is 12.1. The second-order valence-corrected chi connectivity index (χ2v) is 7.69. The fraction of sp³-hybridized carbons (Fsp3) is 0.917. The van der Waals surface area contributed by atoms with Gasteiger partial charge in [0.1, 0.15) is 0 Å². The van der Waals surface area contributed by atoms with Crippen molar-refractivity contribution in [2.75, 3.05) is 25.2 Å². The molecule has 0 saturated carbocycles. The van der Waals surface area contributed by atoms with Crippen molar-refractivity contribution in [3.63, 3.8) is 0 Å². The van der Waals surface area contributed by atoms with Gasteiger partial charge >= 0.3 is 6.03 Å². The van der Waals surface area contributed by atoms with Gasteiger partial charge in [-0.1, -0.05) is 0 Å². The van der Waals surface area contributed by atoms with Gasteiger partial charge in [-0.05, 0) is 26.2 Å². The van der Waals surface area contributed by atoms with Crippen molar-refractivity contribution in [1.82, 2.24) is 10.2 Å². The number of hydrogen-bond donors (Lipinski definition) is 1. The number of urea groups is 1. The van der Waals surface area contributed by atoms with E-state index in [-0.39, 0.29) is 35.7 Å². The fourth-order valence-corrected chi connectivity index (χ4v) is 4.41. The summed E-state index contributed by atoms with van der Waals surface area (Å²) >= 11 is 0. The highest BCUT2D eigenvalue weighted by atomic mass is 32.2. The average Bonchev–Trinajstić information content (AvgIpc) is 2.96. The van der Waals surface area contributed by atoms with E-state index < -0.39 is 9.84 Å². The molecule has 0 spiro atoms. The van der Waals surface area contributed by atoms with E-state index >= 15 is 0 Å². The van der Waals surface area contributed by atoms with E-state index in [9.17, 15) is 13.2 Å². The molecule has 6 nitrogen and oxygen atoms in total. The second-order valence-electron chi connectivity index (χ2n) is 5.46. The molecule has 2 aliphatic heterocycles. The van der Waals surface area contributed by atoms with Crippen LogP contribution < -0.4 is 5.32 Å². The van der Waals surface area contributed by atoms with Gasteiger partial charge in [0.25, 0.3) is 0 Å². The van der Waals surface area contributed by atoms with Crippen molar-refractivity contribution >= 4 is 15.9 Å². The number of amides is 2. The lowest BCUT2D eigenvalue weighted by Crippen LogP contribution is -2.50. The van der Waals surface area contributed by atoms with E-state index in [1.807, 2.05) is 6.92 Å². The molecule has 110 valence electrons. The van der Waals surface area contributed by atoms with Gasteiger partial charge in [0.05, 0.1) is 23.7 Å². The molecule has 1 N–H and O–H groups in total. The third-order valence-corrected chi connectivity index (χ3v) is 5.70. The van der Waals surface area contributed by atoms with Crippen LogP contribution in [-0.4, -0.2) is 62.7 Å². The van der Waals surface area contributed by atoms with Gasteiger partial charge < -0.3 is 15.0 Å². The Balaban J connectivity index is 1.85. The maximum atomic E-state index is 12.1. The van der Waals surface area contributed by atoms with Crippen molar-refractivity contribution in [1.29, 1.82) is 0 Å². The van der Waals surface area contributed by atoms with Crippen molar-refractivity contribution in [2.45, 2.75) is 44.4 Å². The minimum atomic E-state index is -2.96. The Morgan fingerprint density at radius 2 is 2.16 bits per heavy atom. The molecule has 2 rings (SSSR count). The van der Waals surface area contributed by atoms with Gasteiger partial charge in [0.2, 0.25) is 0 Å². The van der Waals surface area contributed by atoms with Gasteiger partial charge in [-0.3, -0.25) is 0 Å². The molecule has 2 saturated heterocycles. The third kappa shape index (κ3) is 3.60. The Labute approximate surface area is 114 Å². The number of sulfone groups is 1. The topological polar surface area (TPSA) is 75.7 Å². The number of carbonyl (C=O) groups excluding carboxylic acids is 1. The van der Waals surface area contributed by atoms with Crippen LogP contribution in [0, 0.1) is 0 Å². The summed E-state index contributed by atoms with van der Waals surface area (Å²) in [5.74, 6) is 0.252. The van der Waals surface area contributed by atoms with E-state index in [0.29, 0.717) is 6.42 Å². The molecule has 0 aromatic heterocycles. The van der Waals surface area contributed by atoms with Crippen LogP contribution in [0.15, 0.2) is 0 Å². The predicted molar refractivity (Wildman–Crippen MR) is 71.8 cm³/mol. The number of nitrogens with one attached hydrogen (secondary N) is 1. The molecular weight excluding hydrogens is 268 g/mol. The van der Waals surface area contributed by atoms with Crippen LogP contribution in [-0.2, 0) is 14.6 Å². The van der Waals surface area contributed by atoms with Crippen LogP contribution in [0.4, 0.5) is 4.79 Å². The molecule has 0 aromatic rings. The van der Waals surface area contributed by atoms with Crippen LogP contribution in [0.2, 0.25) is 0 Å². The van der Waals surface area contributed by atoms with Crippen LogP contribution >= 0.6 is 0 Å². The standard InChI is InChI=1S/C12H22N2O4S/c1-9(11-4-3-6-18-11)13-12(15)14(2)10-5-7-19(16,17)8-10/h9-11H,3-8H2,1-2H3,(H,13,15)/t9-,10+,11+/m0/s1. The average molecular weight is 290 g/mol. The molecule has 2 fully saturated rings. The number of hydrogen-bond acceptors (Lipinski definition) is 4. The van der Waals surface area contributed by atoms with E-state index in [2.05, 4.69) is 5.32 Å². The molecule has 0 aromatic carbocycles. The summed E-state index contributed by atoms with van der Waals surface area (Å²) in [6, 6.07) is -0.470. The zero-order valence-electron chi connectivity index (χ0n) is 11.5. The molecule has 3 atom stereocenters. The number of carbonyl (C=O) groups is 1. The van der Waals surface area contributed by atoms with E-state index in [4.69, 9.17) is 4.74 Å². The minimum Gasteiger partial charge on any atom is -0.376 e. The first-order valence-electron chi connectivity index (χ1n) is 6.74. The molecule has 7 heteroatoms. The molecule has 0 bridgehead atoms. The van der Waals surface area contributed by atoms with Crippen LogP contribution in [0.5, 0.6) is 0 Å². The summed E-state index contributed by atoms with van der Waals surface area (Å²) in [7, 11) is -1.31. The Kier molecular flexibility index (Phi) is 4.35. The van der Waals surface area contributed by atoms with Crippen LogP contribution in [0.3, 0.4) is 0 Å². The number of nitrogens with zero attached hydrogens (tertiary/aromatic N) is 1. The first kappa shape index (κ1) is 14.6. The molecule has 0 aliphatic carbocycles. The maximum Gasteiger partial charge on any atom is 0.317 e. The first-order valence-corrected chi connectivity index (χ1v) is 8.56. The highest BCUT2D eigenvalue weighted by Crippen LogP contribution is 2.18. The zero-order valence-corrected chi connectivity index (χ0v) is 12.3. The van der Waals surface area contributed by atoms with Crippen molar-refractivity contribution in [2.24, 2.45) is 0 Å². The summed E-state index contributed by atoms with van der Waals surface area (Å²) in [5.41, 5.74) is 0. The Bertz CT molecular complexity index is 431. The van der Waals surface area contributed by atoms with Gasteiger partial charge in [-0.25, -0.2) is 13.2 Å². The lowest BCUT2D eigenvalue weighted by Gasteiger charge is -2.27. The van der Waals surface area contributed by atoms with Gasteiger partial charge in [0, 0.05) is 19.7 Å². The monoisotopic (exact) mass is 290 g/mol. The molecule has 0 radical (unpaired) electrons. The normalized spacial score (nSPS) is 31.1. The molecule has 2 heterocycles. The quantitative estimate of drug-likeness (QED) is 0.815. The van der Waals surface area contributed by atoms with E-state index in [1.165, 1.54) is 4.90 Å². The summed E-state index contributed by atoms with van der Waals surface area (Å²) in [6.45, 7) is 2.68. The molecule has 2 amide bonds. The Morgan fingerprint density at radius 1 is 1.42 bits per heavy atom. The van der Waals surface area contributed by atoms with Crippen LogP contribution in [0.1, 0.15) is 26.2 Å². The van der Waals surface area contributed by atoms with Crippen molar-refractivity contribution < 1.29 is 17.9 Å². The fourth-order valence-electron chi connectivity index (χ4n) is 2.63. The first-order chi connectivity index (χ1) is 8.89. The molecule has 0 unspecified atom stereocenters. The third-order valence-electron chi connectivity index (χ3n) is 3.95. The van der Waals surface area contributed by atoms with Gasteiger partial charge in [-0.2, -0.15) is 0 Å². The highest BCUT2D eigenvalue weighted by molar-refractivity contribution is 7.91. The molecular formula is C12H22N2O4S. The zero-order chi connectivity index (χ0) is 14.0. The second kappa shape index (κ2) is 5.66. The highest BCUT2D eigenvalue weighted by Gasteiger charge is 2.33. The predicted octanol–water partition coefficient (Wildman–Crippen LogP) is 0.382. The number of rotatable bonds is 3. The summed E-state index contributed by atoms with van der Waals surface area (Å²) in [5, 5.41) is 2.89. The van der Waals surface area contributed by atoms with Crippen molar-refractivity contribution in [3.8, 4) is 0 Å². The summed E-state index contributed by atoms with van der Waals surface area (Å²) in [6.07, 6.45) is 2.59. The molecule has 19 heavy (non-hydrogen) atoms. The van der Waals surface area contributed by atoms with Crippen LogP contribution in [0.25, 0.3) is 0 Å². The minimum absolute atomic E-state index is 0.0459. The van der Waals surface area contributed by atoms with Crippen molar-refractivity contribution in [3.05, 3.63) is 0 Å². The Hall–Kier alpha value is -0.820.